The number of anilines is 1. The number of H-pyrrole nitrogens is 1. The van der Waals surface area contributed by atoms with Gasteiger partial charge >= 0.3 is 0 Å². The number of hydrogen-bond donors (Lipinski definition) is 3. The van der Waals surface area contributed by atoms with E-state index in [2.05, 4.69) is 20.4 Å². The van der Waals surface area contributed by atoms with E-state index in [1.165, 1.54) is 6.20 Å². The van der Waals surface area contributed by atoms with Gasteiger partial charge in [0.1, 0.15) is 10.8 Å². The summed E-state index contributed by atoms with van der Waals surface area (Å²) >= 11 is 5.98. The van der Waals surface area contributed by atoms with Gasteiger partial charge in [0.15, 0.2) is 0 Å². The van der Waals surface area contributed by atoms with Gasteiger partial charge in [-0.1, -0.05) is 11.6 Å². The Morgan fingerprint density at radius 3 is 3.05 bits per heavy atom. The van der Waals surface area contributed by atoms with Crippen molar-refractivity contribution in [2.45, 2.75) is 19.4 Å². The average Bonchev–Trinajstić information content (AvgIpc) is 2.95. The highest BCUT2D eigenvalue weighted by molar-refractivity contribution is 6.32. The van der Waals surface area contributed by atoms with Crippen LogP contribution in [-0.4, -0.2) is 38.0 Å². The summed E-state index contributed by atoms with van der Waals surface area (Å²) in [5.74, 6) is 0.925. The van der Waals surface area contributed by atoms with Crippen molar-refractivity contribution >= 4 is 17.3 Å². The molecule has 0 amide bonds. The number of aromatic amines is 1. The van der Waals surface area contributed by atoms with Crippen LogP contribution in [0.25, 0.3) is 0 Å². The summed E-state index contributed by atoms with van der Waals surface area (Å²) in [6.45, 7) is 0.641. The van der Waals surface area contributed by atoms with E-state index in [0.29, 0.717) is 12.2 Å². The molecule has 0 saturated carbocycles. The molecule has 0 aliphatic rings. The van der Waals surface area contributed by atoms with Gasteiger partial charge in [-0.2, -0.15) is 5.10 Å². The number of rotatable bonds is 7. The van der Waals surface area contributed by atoms with Gasteiger partial charge in [0.2, 0.25) is 0 Å². The highest BCUT2D eigenvalue weighted by Gasteiger charge is 2.08. The zero-order valence-electron chi connectivity index (χ0n) is 10.8. The molecule has 0 aliphatic carbocycles. The summed E-state index contributed by atoms with van der Waals surface area (Å²) in [7, 11) is 0. The number of nitrogens with one attached hydrogen (secondary N) is 2. The topological polar surface area (TPSA) is 95.8 Å². The monoisotopic (exact) mass is 297 g/mol. The second kappa shape index (κ2) is 7.06. The number of nitrogens with zero attached hydrogens (tertiary/aromatic N) is 3. The fourth-order valence-corrected chi connectivity index (χ4v) is 1.97. The first kappa shape index (κ1) is 14.5. The van der Waals surface area contributed by atoms with E-state index in [4.69, 9.17) is 16.7 Å². The molecule has 8 heteroatoms. The number of aliphatic hydroxyl groups is 1. The van der Waals surface area contributed by atoms with Crippen molar-refractivity contribution in [3.8, 4) is 0 Å². The number of aliphatic hydroxyl groups excluding tert-OH is 1. The standard InChI is InChI=1S/C12H16ClN5O2/c13-11-9(8-17-18(6-7-19)12(11)20)14-3-1-2-10-15-4-5-16-10/h4-5,8,14,19H,1-3,6-7H2,(H,15,16). The van der Waals surface area contributed by atoms with Crippen LogP contribution in [0.3, 0.4) is 0 Å². The number of hydrogen-bond acceptors (Lipinski definition) is 5. The van der Waals surface area contributed by atoms with Crippen LogP contribution in [0, 0.1) is 0 Å². The van der Waals surface area contributed by atoms with Gasteiger partial charge in [0.05, 0.1) is 25.0 Å². The maximum Gasteiger partial charge on any atom is 0.287 e. The van der Waals surface area contributed by atoms with E-state index in [1.807, 2.05) is 0 Å². The van der Waals surface area contributed by atoms with Crippen molar-refractivity contribution in [2.75, 3.05) is 18.5 Å². The second-order valence-electron chi connectivity index (χ2n) is 4.19. The van der Waals surface area contributed by atoms with Gasteiger partial charge in [-0.15, -0.1) is 0 Å². The Morgan fingerprint density at radius 2 is 2.35 bits per heavy atom. The average molecular weight is 298 g/mol. The Kier molecular flexibility index (Phi) is 5.14. The summed E-state index contributed by atoms with van der Waals surface area (Å²) < 4.78 is 1.14. The molecule has 108 valence electrons. The predicted octanol–water partition coefficient (Wildman–Crippen LogP) is 0.657. The molecule has 20 heavy (non-hydrogen) atoms. The predicted molar refractivity (Wildman–Crippen MR) is 76.0 cm³/mol. The van der Waals surface area contributed by atoms with Crippen LogP contribution in [0.5, 0.6) is 0 Å². The van der Waals surface area contributed by atoms with Crippen molar-refractivity contribution in [3.63, 3.8) is 0 Å². The van der Waals surface area contributed by atoms with Crippen LogP contribution >= 0.6 is 11.6 Å². The molecular weight excluding hydrogens is 282 g/mol. The molecule has 0 aromatic carbocycles. The molecule has 0 unspecified atom stereocenters. The summed E-state index contributed by atoms with van der Waals surface area (Å²) in [5.41, 5.74) is 0.0991. The molecule has 7 nitrogen and oxygen atoms in total. The summed E-state index contributed by atoms with van der Waals surface area (Å²) in [5, 5.41) is 15.9. The molecule has 0 bridgehead atoms. The van der Waals surface area contributed by atoms with Crippen LogP contribution < -0.4 is 10.9 Å². The molecule has 0 spiro atoms. The maximum absolute atomic E-state index is 11.8. The Morgan fingerprint density at radius 1 is 1.50 bits per heavy atom. The first-order valence-corrected chi connectivity index (χ1v) is 6.68. The van der Waals surface area contributed by atoms with E-state index in [0.717, 1.165) is 23.3 Å². The van der Waals surface area contributed by atoms with Crippen molar-refractivity contribution in [1.29, 1.82) is 0 Å². The molecule has 2 aromatic heterocycles. The largest absolute Gasteiger partial charge is 0.394 e. The molecule has 2 heterocycles. The Labute approximate surface area is 120 Å². The molecule has 3 N–H and O–H groups in total. The van der Waals surface area contributed by atoms with E-state index >= 15 is 0 Å². The van der Waals surface area contributed by atoms with Crippen molar-refractivity contribution in [3.05, 3.63) is 39.8 Å². The quantitative estimate of drug-likeness (QED) is 0.652. The van der Waals surface area contributed by atoms with Gasteiger partial charge in [-0.25, -0.2) is 9.67 Å². The minimum atomic E-state index is -0.406. The lowest BCUT2D eigenvalue weighted by Crippen LogP contribution is -2.25. The first-order valence-electron chi connectivity index (χ1n) is 6.31. The zero-order chi connectivity index (χ0) is 14.4. The molecule has 2 aromatic rings. The van der Waals surface area contributed by atoms with Crippen LogP contribution in [0.2, 0.25) is 5.02 Å². The molecule has 0 radical (unpaired) electrons. The fourth-order valence-electron chi connectivity index (χ4n) is 1.76. The van der Waals surface area contributed by atoms with Crippen molar-refractivity contribution in [1.82, 2.24) is 19.7 Å². The minimum Gasteiger partial charge on any atom is -0.394 e. The van der Waals surface area contributed by atoms with Crippen LogP contribution in [0.1, 0.15) is 12.2 Å². The van der Waals surface area contributed by atoms with E-state index < -0.39 is 5.56 Å². The van der Waals surface area contributed by atoms with Crippen LogP contribution in [0.15, 0.2) is 23.4 Å². The van der Waals surface area contributed by atoms with Gasteiger partial charge in [-0.3, -0.25) is 4.79 Å². The number of aromatic nitrogens is 4. The Balaban J connectivity index is 1.89. The smallest absolute Gasteiger partial charge is 0.287 e. The highest BCUT2D eigenvalue weighted by Crippen LogP contribution is 2.15. The SMILES string of the molecule is O=c1c(Cl)c(NCCCc2ncc[nH]2)cnn1CCO. The highest BCUT2D eigenvalue weighted by atomic mass is 35.5. The lowest BCUT2D eigenvalue weighted by Gasteiger charge is -2.09. The normalized spacial score (nSPS) is 10.7. The van der Waals surface area contributed by atoms with Crippen LogP contribution in [0.4, 0.5) is 5.69 Å². The zero-order valence-corrected chi connectivity index (χ0v) is 11.6. The van der Waals surface area contributed by atoms with Gasteiger partial charge in [0, 0.05) is 25.4 Å². The number of halogens is 1. The second-order valence-corrected chi connectivity index (χ2v) is 4.57. The lowest BCUT2D eigenvalue weighted by molar-refractivity contribution is 0.266. The summed E-state index contributed by atoms with van der Waals surface area (Å²) in [4.78, 5) is 19.0. The van der Waals surface area contributed by atoms with Gasteiger partial charge < -0.3 is 15.4 Å². The van der Waals surface area contributed by atoms with Crippen molar-refractivity contribution in [2.24, 2.45) is 0 Å². The third-order valence-electron chi connectivity index (χ3n) is 2.76. The Hall–Kier alpha value is -1.86. The minimum absolute atomic E-state index is 0.0893. The molecule has 0 fully saturated rings. The third kappa shape index (κ3) is 3.58. The molecule has 2 rings (SSSR count). The molecule has 0 atom stereocenters. The number of imidazole rings is 1. The van der Waals surface area contributed by atoms with E-state index in [9.17, 15) is 4.79 Å². The van der Waals surface area contributed by atoms with Gasteiger partial charge in [-0.05, 0) is 6.42 Å². The third-order valence-corrected chi connectivity index (χ3v) is 3.12. The lowest BCUT2D eigenvalue weighted by atomic mass is 10.3. The van der Waals surface area contributed by atoms with E-state index in [1.54, 1.807) is 12.4 Å². The molecule has 0 aliphatic heterocycles. The summed E-state index contributed by atoms with van der Waals surface area (Å²) in [6.07, 6.45) is 6.65. The van der Waals surface area contributed by atoms with Gasteiger partial charge in [0.25, 0.3) is 5.56 Å². The Bertz CT molecular complexity index is 596. The number of aryl methyl sites for hydroxylation is 1. The van der Waals surface area contributed by atoms with E-state index in [-0.39, 0.29) is 18.2 Å². The fraction of sp³-hybridized carbons (Fsp3) is 0.417. The maximum atomic E-state index is 11.8. The molecular formula is C12H16ClN5O2. The van der Waals surface area contributed by atoms with Crippen molar-refractivity contribution < 1.29 is 5.11 Å². The summed E-state index contributed by atoms with van der Waals surface area (Å²) in [6, 6.07) is 0. The first-order chi connectivity index (χ1) is 9.72. The molecule has 0 saturated heterocycles. The van der Waals surface area contributed by atoms with Crippen LogP contribution in [-0.2, 0) is 13.0 Å².